The average molecular weight is 283 g/mol. The number of nitrogens with zero attached hydrogens (tertiary/aromatic N) is 1. The first-order chi connectivity index (χ1) is 10.1. The van der Waals surface area contributed by atoms with Crippen LogP contribution in [0.3, 0.4) is 0 Å². The number of benzene rings is 2. The lowest BCUT2D eigenvalue weighted by Crippen LogP contribution is -2.28. The molecule has 2 atom stereocenters. The smallest absolute Gasteiger partial charge is 0.226 e. The van der Waals surface area contributed by atoms with Gasteiger partial charge in [-0.2, -0.15) is 0 Å². The van der Waals surface area contributed by atoms with E-state index in [4.69, 9.17) is 4.74 Å². The first-order valence-electron chi connectivity index (χ1n) is 7.40. The number of fused-ring (bicyclic) bond motifs is 1. The molecule has 1 fully saturated rings. The van der Waals surface area contributed by atoms with Gasteiger partial charge in [0.15, 0.2) is 0 Å². The van der Waals surface area contributed by atoms with E-state index in [0.29, 0.717) is 12.5 Å². The molecule has 21 heavy (non-hydrogen) atoms. The SMILES string of the molecule is COc1ccc2cc(CN(C)C(=O)[C@@H]3C[C@H]3C)ccc2c1. The Hall–Kier alpha value is -2.03. The van der Waals surface area contributed by atoms with Crippen molar-refractivity contribution in [3.63, 3.8) is 0 Å². The molecule has 1 saturated carbocycles. The van der Waals surface area contributed by atoms with Crippen molar-refractivity contribution in [3.05, 3.63) is 42.0 Å². The molecular weight excluding hydrogens is 262 g/mol. The Balaban J connectivity index is 1.76. The van der Waals surface area contributed by atoms with Crippen molar-refractivity contribution in [2.24, 2.45) is 11.8 Å². The van der Waals surface area contributed by atoms with Gasteiger partial charge in [0.2, 0.25) is 5.91 Å². The van der Waals surface area contributed by atoms with Gasteiger partial charge < -0.3 is 9.64 Å². The largest absolute Gasteiger partial charge is 0.497 e. The first-order valence-corrected chi connectivity index (χ1v) is 7.40. The minimum atomic E-state index is 0.250. The zero-order valence-corrected chi connectivity index (χ0v) is 12.8. The molecule has 1 aliphatic carbocycles. The van der Waals surface area contributed by atoms with Gasteiger partial charge in [-0.3, -0.25) is 4.79 Å². The van der Waals surface area contributed by atoms with E-state index in [-0.39, 0.29) is 11.8 Å². The van der Waals surface area contributed by atoms with Crippen LogP contribution in [0, 0.1) is 11.8 Å². The molecule has 0 saturated heterocycles. The summed E-state index contributed by atoms with van der Waals surface area (Å²) in [6.07, 6.45) is 1.04. The summed E-state index contributed by atoms with van der Waals surface area (Å²) in [6.45, 7) is 2.81. The zero-order valence-electron chi connectivity index (χ0n) is 12.8. The maximum atomic E-state index is 12.2. The third-order valence-corrected chi connectivity index (χ3v) is 4.33. The highest BCUT2D eigenvalue weighted by atomic mass is 16.5. The lowest BCUT2D eigenvalue weighted by molar-refractivity contribution is -0.132. The van der Waals surface area contributed by atoms with Gasteiger partial charge >= 0.3 is 0 Å². The number of rotatable bonds is 4. The number of carbonyl (C=O) groups excluding carboxylic acids is 1. The quantitative estimate of drug-likeness (QED) is 0.860. The second-order valence-electron chi connectivity index (χ2n) is 6.06. The molecule has 2 aromatic rings. The Kier molecular flexibility index (Phi) is 3.58. The summed E-state index contributed by atoms with van der Waals surface area (Å²) in [4.78, 5) is 14.0. The van der Waals surface area contributed by atoms with E-state index in [0.717, 1.165) is 23.1 Å². The van der Waals surface area contributed by atoms with Gasteiger partial charge in [0.1, 0.15) is 5.75 Å². The van der Waals surface area contributed by atoms with Crippen molar-refractivity contribution in [2.45, 2.75) is 19.9 Å². The molecule has 1 amide bonds. The second kappa shape index (κ2) is 5.40. The van der Waals surface area contributed by atoms with E-state index >= 15 is 0 Å². The number of amides is 1. The number of carbonyl (C=O) groups is 1. The van der Waals surface area contributed by atoms with E-state index in [1.54, 1.807) is 7.11 Å². The maximum absolute atomic E-state index is 12.2. The molecule has 110 valence electrons. The van der Waals surface area contributed by atoms with Crippen LogP contribution in [-0.4, -0.2) is 25.0 Å². The van der Waals surface area contributed by atoms with Crippen molar-refractivity contribution in [1.29, 1.82) is 0 Å². The molecule has 0 heterocycles. The van der Waals surface area contributed by atoms with Crippen molar-refractivity contribution < 1.29 is 9.53 Å². The molecule has 0 N–H and O–H groups in total. The second-order valence-corrected chi connectivity index (χ2v) is 6.06. The summed E-state index contributed by atoms with van der Waals surface area (Å²) >= 11 is 0. The number of hydrogen-bond acceptors (Lipinski definition) is 2. The van der Waals surface area contributed by atoms with Crippen LogP contribution >= 0.6 is 0 Å². The van der Waals surface area contributed by atoms with Crippen molar-refractivity contribution in [2.75, 3.05) is 14.2 Å². The average Bonchev–Trinajstić information content (AvgIpc) is 3.22. The molecule has 3 rings (SSSR count). The van der Waals surface area contributed by atoms with Crippen LogP contribution in [0.25, 0.3) is 10.8 Å². The van der Waals surface area contributed by atoms with E-state index in [9.17, 15) is 4.79 Å². The fourth-order valence-corrected chi connectivity index (χ4v) is 2.80. The van der Waals surface area contributed by atoms with Crippen LogP contribution in [0.2, 0.25) is 0 Å². The lowest BCUT2D eigenvalue weighted by Gasteiger charge is -2.17. The molecule has 0 spiro atoms. The summed E-state index contributed by atoms with van der Waals surface area (Å²) in [5, 5.41) is 2.33. The molecule has 1 aliphatic rings. The predicted octanol–water partition coefficient (Wildman–Crippen LogP) is 3.46. The lowest BCUT2D eigenvalue weighted by atomic mass is 10.1. The van der Waals surface area contributed by atoms with Crippen LogP contribution in [0.1, 0.15) is 18.9 Å². The van der Waals surface area contributed by atoms with Gasteiger partial charge in [0.25, 0.3) is 0 Å². The van der Waals surface area contributed by atoms with Crippen molar-refractivity contribution in [3.8, 4) is 5.75 Å². The molecular formula is C18H21NO2. The van der Waals surface area contributed by atoms with Gasteiger partial charge in [-0.1, -0.05) is 25.1 Å². The Morgan fingerprint density at radius 2 is 1.90 bits per heavy atom. The van der Waals surface area contributed by atoms with Gasteiger partial charge in [-0.15, -0.1) is 0 Å². The highest BCUT2D eigenvalue weighted by Crippen LogP contribution is 2.39. The molecule has 3 heteroatoms. The van der Waals surface area contributed by atoms with E-state index in [1.165, 1.54) is 5.39 Å². The number of methoxy groups -OCH3 is 1. The van der Waals surface area contributed by atoms with E-state index in [1.807, 2.05) is 24.1 Å². The van der Waals surface area contributed by atoms with Crippen LogP contribution in [0.4, 0.5) is 0 Å². The highest BCUT2D eigenvalue weighted by molar-refractivity contribution is 5.85. The molecule has 0 radical (unpaired) electrons. The third kappa shape index (κ3) is 2.87. The van der Waals surface area contributed by atoms with Gasteiger partial charge in [-0.05, 0) is 46.9 Å². The molecule has 0 aliphatic heterocycles. The summed E-state index contributed by atoms with van der Waals surface area (Å²) in [5.41, 5.74) is 1.16. The van der Waals surface area contributed by atoms with Crippen molar-refractivity contribution in [1.82, 2.24) is 4.90 Å². The molecule has 0 unspecified atom stereocenters. The summed E-state index contributed by atoms with van der Waals surface area (Å²) < 4.78 is 5.24. The van der Waals surface area contributed by atoms with E-state index in [2.05, 4.69) is 31.2 Å². The summed E-state index contributed by atoms with van der Waals surface area (Å²) in [7, 11) is 3.57. The topological polar surface area (TPSA) is 29.5 Å². The Bertz CT molecular complexity index is 680. The highest BCUT2D eigenvalue weighted by Gasteiger charge is 2.40. The van der Waals surface area contributed by atoms with Crippen LogP contribution in [-0.2, 0) is 11.3 Å². The maximum Gasteiger partial charge on any atom is 0.226 e. The Morgan fingerprint density at radius 1 is 1.24 bits per heavy atom. The fraction of sp³-hybridized carbons (Fsp3) is 0.389. The van der Waals surface area contributed by atoms with Crippen LogP contribution < -0.4 is 4.74 Å². The van der Waals surface area contributed by atoms with Gasteiger partial charge in [0.05, 0.1) is 7.11 Å². The van der Waals surface area contributed by atoms with Crippen LogP contribution in [0.15, 0.2) is 36.4 Å². The van der Waals surface area contributed by atoms with E-state index < -0.39 is 0 Å². The Labute approximate surface area is 125 Å². The molecule has 0 aromatic heterocycles. The third-order valence-electron chi connectivity index (χ3n) is 4.33. The summed E-state index contributed by atoms with van der Waals surface area (Å²) in [5.74, 6) is 1.95. The van der Waals surface area contributed by atoms with Gasteiger partial charge in [-0.25, -0.2) is 0 Å². The molecule has 3 nitrogen and oxygen atoms in total. The molecule has 0 bridgehead atoms. The summed E-state index contributed by atoms with van der Waals surface area (Å²) in [6, 6.07) is 12.4. The predicted molar refractivity (Wildman–Crippen MR) is 84.2 cm³/mol. The van der Waals surface area contributed by atoms with Crippen molar-refractivity contribution >= 4 is 16.7 Å². The minimum absolute atomic E-state index is 0.250. The standard InChI is InChI=1S/C18H21NO2/c1-12-8-17(12)18(20)19(2)11-13-4-5-15-10-16(21-3)7-6-14(15)9-13/h4-7,9-10,12,17H,8,11H2,1-3H3/t12-,17-/m1/s1. The first kappa shape index (κ1) is 13.9. The minimum Gasteiger partial charge on any atom is -0.497 e. The number of ether oxygens (including phenoxy) is 1. The molecule has 2 aromatic carbocycles. The Morgan fingerprint density at radius 3 is 2.57 bits per heavy atom. The van der Waals surface area contributed by atoms with Crippen LogP contribution in [0.5, 0.6) is 5.75 Å². The monoisotopic (exact) mass is 283 g/mol. The normalized spacial score (nSPS) is 20.3. The van der Waals surface area contributed by atoms with Gasteiger partial charge in [0, 0.05) is 19.5 Å². The number of hydrogen-bond donors (Lipinski definition) is 0. The zero-order chi connectivity index (χ0) is 15.0. The fourth-order valence-electron chi connectivity index (χ4n) is 2.80.